The first-order chi connectivity index (χ1) is 32.8. The minimum atomic E-state index is -3.62. The number of imidazole rings is 2. The Hall–Kier alpha value is -8.01. The molecule has 0 saturated carbocycles. The third-order valence-corrected chi connectivity index (χ3v) is 16.9. The Labute approximate surface area is 370 Å². The summed E-state index contributed by atoms with van der Waals surface area (Å²) in [6, 6.07) is 62.2. The van der Waals surface area contributed by atoms with Gasteiger partial charge in [-0.3, -0.25) is 8.97 Å². The molecule has 0 spiro atoms. The Morgan fingerprint density at radius 1 is 0.508 bits per heavy atom. The molecule has 1 aliphatic rings. The normalized spacial score (nSPS) is 14.5. The number of nitrogens with zero attached hydrogens (tertiary/aromatic N) is 7. The molecule has 0 saturated heterocycles. The van der Waals surface area contributed by atoms with Gasteiger partial charge >= 0.3 is 0 Å². The van der Waals surface area contributed by atoms with Crippen molar-refractivity contribution in [1.82, 2.24) is 33.9 Å². The highest BCUT2D eigenvalue weighted by Crippen LogP contribution is 2.51. The topological polar surface area (TPSA) is 83.0 Å². The SMILES string of the molecule is [2H]C([2H])(c1ncccn1)C1(C([2H])([2H])c2ncccn2)c2ccccc2Oc2c1cccc2[Si](c1ccccc1)(c1ccccc1)c1cccc(-n2c3ccccc3n3c4ccccc4nc23)c1. The van der Waals surface area contributed by atoms with Gasteiger partial charge in [0.25, 0.3) is 0 Å². The van der Waals surface area contributed by atoms with E-state index in [-0.39, 0.29) is 22.8 Å². The van der Waals surface area contributed by atoms with Gasteiger partial charge in [0.15, 0.2) is 8.07 Å². The van der Waals surface area contributed by atoms with Crippen molar-refractivity contribution in [2.45, 2.75) is 18.2 Å². The van der Waals surface area contributed by atoms with Crippen molar-refractivity contribution in [2.75, 3.05) is 0 Å². The van der Waals surface area contributed by atoms with Crippen LogP contribution in [0.2, 0.25) is 0 Å². The van der Waals surface area contributed by atoms with Gasteiger partial charge in [-0.15, -0.1) is 0 Å². The maximum Gasteiger partial charge on any atom is 0.220 e. The fourth-order valence-electron chi connectivity index (χ4n) is 9.55. The smallest absolute Gasteiger partial charge is 0.220 e. The molecule has 0 fully saturated rings. The number of fused-ring (bicyclic) bond motifs is 7. The summed E-state index contributed by atoms with van der Waals surface area (Å²) in [4.78, 5) is 23.2. The van der Waals surface area contributed by atoms with Crippen LogP contribution >= 0.6 is 0 Å². The van der Waals surface area contributed by atoms with E-state index in [9.17, 15) is 5.48 Å². The molecule has 5 heterocycles. The first-order valence-corrected chi connectivity index (χ1v) is 22.8. The summed E-state index contributed by atoms with van der Waals surface area (Å²) in [5, 5.41) is 3.89. The summed E-state index contributed by atoms with van der Waals surface area (Å²) in [6.07, 6.45) is 0.650. The second kappa shape index (κ2) is 14.9. The van der Waals surface area contributed by atoms with Gasteiger partial charge in [0.2, 0.25) is 5.78 Å². The Morgan fingerprint density at radius 2 is 1.06 bits per heavy atom. The van der Waals surface area contributed by atoms with E-state index in [2.05, 4.69) is 132 Å². The van der Waals surface area contributed by atoms with Crippen LogP contribution in [0.3, 0.4) is 0 Å². The van der Waals surface area contributed by atoms with Crippen molar-refractivity contribution < 1.29 is 10.2 Å². The number of hydrogen-bond acceptors (Lipinski definition) is 6. The Kier molecular flexibility index (Phi) is 7.72. The van der Waals surface area contributed by atoms with Crippen LogP contribution < -0.4 is 25.5 Å². The van der Waals surface area contributed by atoms with E-state index in [0.717, 1.165) is 54.3 Å². The molecule has 4 aromatic heterocycles. The van der Waals surface area contributed by atoms with Crippen LogP contribution in [0.4, 0.5) is 0 Å². The molecule has 0 aliphatic carbocycles. The molecule has 8 nitrogen and oxygen atoms in total. The lowest BCUT2D eigenvalue weighted by atomic mass is 9.67. The number of para-hydroxylation sites is 6. The quantitative estimate of drug-likeness (QED) is 0.108. The summed E-state index contributed by atoms with van der Waals surface area (Å²) >= 11 is 0. The molecule has 0 N–H and O–H groups in total. The first-order valence-electron chi connectivity index (χ1n) is 22.8. The zero-order chi connectivity index (χ0) is 45.4. The predicted octanol–water partition coefficient (Wildman–Crippen LogP) is 8.27. The standard InChI is InChI=1S/C54H39N7OSi/c1-3-18-39(19-4-1)63(40-20-5-2-6-21-40,41-22-13-17-38(35-41)60-46-27-10-11-28-47(46)61-45-26-9-8-25-44(45)59-53(60)61)49-30-14-24-43-52(49)62-48-29-12-7-23-42(48)54(43,36-50-55-31-15-32-56-50)37-51-57-33-16-34-58-51/h1-35H,36-37H2/i36D2,37D2. The largest absolute Gasteiger partial charge is 0.457 e. The van der Waals surface area contributed by atoms with Crippen molar-refractivity contribution in [3.05, 3.63) is 236 Å². The fraction of sp³-hybridized carbons (Fsp3) is 0.0556. The van der Waals surface area contributed by atoms with Crippen molar-refractivity contribution in [1.29, 1.82) is 0 Å². The van der Waals surface area contributed by atoms with Crippen LogP contribution in [-0.4, -0.2) is 42.0 Å². The van der Waals surface area contributed by atoms with Crippen molar-refractivity contribution in [3.8, 4) is 17.2 Å². The maximum absolute atomic E-state index is 10.4. The van der Waals surface area contributed by atoms with E-state index in [0.29, 0.717) is 11.5 Å². The zero-order valence-corrected chi connectivity index (χ0v) is 34.7. The molecule has 0 unspecified atom stereocenters. The molecule has 63 heavy (non-hydrogen) atoms. The third kappa shape index (κ3) is 5.77. The highest BCUT2D eigenvalue weighted by atomic mass is 28.3. The van der Waals surface area contributed by atoms with E-state index < -0.39 is 26.2 Å². The monoisotopic (exact) mass is 833 g/mol. The second-order valence-electron chi connectivity index (χ2n) is 15.5. The van der Waals surface area contributed by atoms with Gasteiger partial charge in [-0.1, -0.05) is 133 Å². The molecule has 0 amide bonds. The Morgan fingerprint density at radius 3 is 1.76 bits per heavy atom. The highest BCUT2D eigenvalue weighted by molar-refractivity contribution is 7.20. The van der Waals surface area contributed by atoms with Crippen LogP contribution in [0.1, 0.15) is 28.3 Å². The van der Waals surface area contributed by atoms with Crippen LogP contribution in [0.25, 0.3) is 33.5 Å². The van der Waals surface area contributed by atoms with E-state index in [4.69, 9.17) is 9.72 Å². The van der Waals surface area contributed by atoms with Crippen molar-refractivity contribution in [3.63, 3.8) is 0 Å². The number of ether oxygens (including phenoxy) is 1. The van der Waals surface area contributed by atoms with Gasteiger partial charge in [-0.25, -0.2) is 24.9 Å². The summed E-state index contributed by atoms with van der Waals surface area (Å²) < 4.78 is 53.1. The van der Waals surface area contributed by atoms with Gasteiger partial charge < -0.3 is 4.74 Å². The molecule has 11 aromatic rings. The molecule has 0 radical (unpaired) electrons. The number of aromatic nitrogens is 7. The molecule has 9 heteroatoms. The molecule has 12 rings (SSSR count). The lowest BCUT2D eigenvalue weighted by molar-refractivity contribution is 0.379. The first kappa shape index (κ1) is 32.7. The minimum absolute atomic E-state index is 0.192. The molecular weight excluding hydrogens is 791 g/mol. The molecular formula is C54H39N7OSi. The van der Waals surface area contributed by atoms with E-state index in [1.54, 1.807) is 36.4 Å². The third-order valence-electron chi connectivity index (χ3n) is 12.1. The minimum Gasteiger partial charge on any atom is -0.457 e. The van der Waals surface area contributed by atoms with E-state index in [1.807, 2.05) is 48.5 Å². The number of hydrogen-bond donors (Lipinski definition) is 0. The average molecular weight is 834 g/mol. The van der Waals surface area contributed by atoms with Gasteiger partial charge in [0, 0.05) is 65.2 Å². The second-order valence-corrected chi connectivity index (χ2v) is 19.3. The highest BCUT2D eigenvalue weighted by Gasteiger charge is 2.50. The van der Waals surface area contributed by atoms with E-state index in [1.165, 1.54) is 24.8 Å². The predicted molar refractivity (Wildman–Crippen MR) is 252 cm³/mol. The Bertz CT molecular complexity index is 3560. The van der Waals surface area contributed by atoms with Crippen molar-refractivity contribution in [2.24, 2.45) is 0 Å². The number of benzene rings is 7. The lowest BCUT2D eigenvalue weighted by Gasteiger charge is -2.43. The average Bonchev–Trinajstić information content (AvgIpc) is 3.92. The van der Waals surface area contributed by atoms with Gasteiger partial charge in [0.05, 0.1) is 22.1 Å². The van der Waals surface area contributed by atoms with Crippen LogP contribution in [0, 0.1) is 0 Å². The van der Waals surface area contributed by atoms with Gasteiger partial charge in [-0.2, -0.15) is 0 Å². The summed E-state index contributed by atoms with van der Waals surface area (Å²) in [5.74, 6) is 1.04. The fourth-order valence-corrected chi connectivity index (χ4v) is 14.4. The summed E-state index contributed by atoms with van der Waals surface area (Å²) in [6.45, 7) is 0. The maximum atomic E-state index is 10.4. The molecule has 0 bridgehead atoms. The molecule has 1 aliphatic heterocycles. The summed E-state index contributed by atoms with van der Waals surface area (Å²) in [5.41, 5.74) is 3.17. The van der Waals surface area contributed by atoms with E-state index >= 15 is 0 Å². The van der Waals surface area contributed by atoms with Crippen LogP contribution in [0.15, 0.2) is 213 Å². The zero-order valence-electron chi connectivity index (χ0n) is 37.7. The molecule has 7 aromatic carbocycles. The van der Waals surface area contributed by atoms with Gasteiger partial charge in [0.1, 0.15) is 23.1 Å². The van der Waals surface area contributed by atoms with Crippen molar-refractivity contribution >= 4 is 56.7 Å². The molecule has 0 atom stereocenters. The lowest BCUT2D eigenvalue weighted by Crippen LogP contribution is -2.75. The summed E-state index contributed by atoms with van der Waals surface area (Å²) in [7, 11) is -3.62. The van der Waals surface area contributed by atoms with Gasteiger partial charge in [-0.05, 0) is 75.3 Å². The molecule has 300 valence electrons. The Balaban J connectivity index is 1.22. The van der Waals surface area contributed by atoms with Crippen LogP contribution in [0.5, 0.6) is 11.5 Å². The number of rotatable bonds is 9. The van der Waals surface area contributed by atoms with Crippen LogP contribution in [-0.2, 0) is 18.2 Å².